The zero-order valence-electron chi connectivity index (χ0n) is 13.4. The molecule has 1 amide bonds. The van der Waals surface area contributed by atoms with E-state index >= 15 is 0 Å². The number of piperidine rings is 1. The molecule has 4 rings (SSSR count). The first-order valence-electron chi connectivity index (χ1n) is 8.66. The molecule has 4 nitrogen and oxygen atoms in total. The molecule has 0 aliphatic carbocycles. The summed E-state index contributed by atoms with van der Waals surface area (Å²) in [5.41, 5.74) is 2.00. The highest BCUT2D eigenvalue weighted by Gasteiger charge is 2.30. The van der Waals surface area contributed by atoms with E-state index in [0.29, 0.717) is 12.5 Å². The molecule has 2 aliphatic heterocycles. The number of piperazine rings is 1. The Labute approximate surface area is 137 Å². The fourth-order valence-corrected chi connectivity index (χ4v) is 3.97. The van der Waals surface area contributed by atoms with Crippen molar-refractivity contribution in [3.05, 3.63) is 42.1 Å². The fourth-order valence-electron chi connectivity index (χ4n) is 3.97. The maximum atomic E-state index is 12.8. The van der Waals surface area contributed by atoms with Crippen LogP contribution in [0.25, 0.3) is 10.9 Å². The summed E-state index contributed by atoms with van der Waals surface area (Å²) in [5.74, 6) is 0.244. The SMILES string of the molecule is O=C(Cc1cccc2cccnc12)N1CCN2CCCC[C@H]2C1. The lowest BCUT2D eigenvalue weighted by molar-refractivity contribution is -0.134. The molecule has 0 saturated carbocycles. The highest BCUT2D eigenvalue weighted by Crippen LogP contribution is 2.22. The van der Waals surface area contributed by atoms with Gasteiger partial charge in [-0.1, -0.05) is 30.7 Å². The highest BCUT2D eigenvalue weighted by molar-refractivity contribution is 5.87. The number of para-hydroxylation sites is 1. The van der Waals surface area contributed by atoms with Crippen molar-refractivity contribution in [2.24, 2.45) is 0 Å². The summed E-state index contributed by atoms with van der Waals surface area (Å²) in [4.78, 5) is 21.9. The van der Waals surface area contributed by atoms with E-state index in [1.165, 1.54) is 25.8 Å². The highest BCUT2D eigenvalue weighted by atomic mass is 16.2. The number of amides is 1. The second-order valence-electron chi connectivity index (χ2n) is 6.69. The lowest BCUT2D eigenvalue weighted by atomic mass is 9.99. The number of rotatable bonds is 2. The van der Waals surface area contributed by atoms with Crippen LogP contribution in [0.5, 0.6) is 0 Å². The molecule has 0 N–H and O–H groups in total. The van der Waals surface area contributed by atoms with Crippen LogP contribution in [-0.4, -0.2) is 52.9 Å². The monoisotopic (exact) mass is 309 g/mol. The van der Waals surface area contributed by atoms with Gasteiger partial charge in [0.25, 0.3) is 0 Å². The lowest BCUT2D eigenvalue weighted by Gasteiger charge is -2.44. The van der Waals surface area contributed by atoms with Crippen molar-refractivity contribution in [1.82, 2.24) is 14.8 Å². The Balaban J connectivity index is 1.49. The molecule has 4 heteroatoms. The first-order valence-corrected chi connectivity index (χ1v) is 8.66. The van der Waals surface area contributed by atoms with Crippen LogP contribution >= 0.6 is 0 Å². The van der Waals surface area contributed by atoms with Crippen molar-refractivity contribution in [3.63, 3.8) is 0 Å². The van der Waals surface area contributed by atoms with Crippen molar-refractivity contribution in [3.8, 4) is 0 Å². The van der Waals surface area contributed by atoms with Crippen LogP contribution in [0, 0.1) is 0 Å². The Bertz CT molecular complexity index is 709. The van der Waals surface area contributed by atoms with Gasteiger partial charge in [-0.25, -0.2) is 0 Å². The minimum atomic E-state index is 0.244. The van der Waals surface area contributed by atoms with Gasteiger partial charge in [-0.05, 0) is 31.0 Å². The normalized spacial score (nSPS) is 22.1. The second-order valence-corrected chi connectivity index (χ2v) is 6.69. The third kappa shape index (κ3) is 2.95. The molecule has 0 radical (unpaired) electrons. The Hall–Kier alpha value is -1.94. The zero-order valence-corrected chi connectivity index (χ0v) is 13.4. The number of aromatic nitrogens is 1. The second kappa shape index (κ2) is 6.28. The third-order valence-electron chi connectivity index (χ3n) is 5.25. The molecule has 1 aromatic heterocycles. The molecule has 23 heavy (non-hydrogen) atoms. The van der Waals surface area contributed by atoms with Crippen molar-refractivity contribution >= 4 is 16.8 Å². The summed E-state index contributed by atoms with van der Waals surface area (Å²) in [6.45, 7) is 4.01. The van der Waals surface area contributed by atoms with Gasteiger partial charge in [0.2, 0.25) is 5.91 Å². The number of carbonyl (C=O) groups excluding carboxylic acids is 1. The first kappa shape index (κ1) is 14.6. The number of nitrogens with zero attached hydrogens (tertiary/aromatic N) is 3. The number of benzene rings is 1. The molecule has 1 atom stereocenters. The van der Waals surface area contributed by atoms with Crippen LogP contribution in [0.4, 0.5) is 0 Å². The summed E-state index contributed by atoms with van der Waals surface area (Å²) in [6.07, 6.45) is 6.11. The van der Waals surface area contributed by atoms with E-state index in [1.54, 1.807) is 6.20 Å². The Morgan fingerprint density at radius 2 is 2.04 bits per heavy atom. The minimum Gasteiger partial charge on any atom is -0.340 e. The van der Waals surface area contributed by atoms with Gasteiger partial charge in [-0.15, -0.1) is 0 Å². The minimum absolute atomic E-state index is 0.244. The molecular weight excluding hydrogens is 286 g/mol. The number of hydrogen-bond acceptors (Lipinski definition) is 3. The number of hydrogen-bond donors (Lipinski definition) is 0. The summed E-state index contributed by atoms with van der Waals surface area (Å²) in [7, 11) is 0. The van der Waals surface area contributed by atoms with E-state index < -0.39 is 0 Å². The number of fused-ring (bicyclic) bond motifs is 2. The van der Waals surface area contributed by atoms with Gasteiger partial charge in [-0.2, -0.15) is 0 Å². The molecule has 0 bridgehead atoms. The molecule has 1 aromatic carbocycles. The van der Waals surface area contributed by atoms with Crippen molar-refractivity contribution in [2.75, 3.05) is 26.2 Å². The lowest BCUT2D eigenvalue weighted by Crippen LogP contribution is -2.56. The summed E-state index contributed by atoms with van der Waals surface area (Å²) in [6, 6.07) is 10.7. The average molecular weight is 309 g/mol. The van der Waals surface area contributed by atoms with E-state index in [4.69, 9.17) is 0 Å². The van der Waals surface area contributed by atoms with Gasteiger partial charge in [0.05, 0.1) is 11.9 Å². The molecule has 0 spiro atoms. The average Bonchev–Trinajstić information content (AvgIpc) is 2.61. The van der Waals surface area contributed by atoms with Gasteiger partial charge in [0.1, 0.15) is 0 Å². The molecule has 2 aromatic rings. The Morgan fingerprint density at radius 1 is 1.13 bits per heavy atom. The molecule has 2 fully saturated rings. The predicted octanol–water partition coefficient (Wildman–Crippen LogP) is 2.47. The molecular formula is C19H23N3O. The van der Waals surface area contributed by atoms with Crippen LogP contribution in [0.15, 0.2) is 36.5 Å². The topological polar surface area (TPSA) is 36.4 Å². The number of carbonyl (C=O) groups is 1. The van der Waals surface area contributed by atoms with E-state index in [0.717, 1.165) is 36.1 Å². The van der Waals surface area contributed by atoms with E-state index in [9.17, 15) is 4.79 Å². The van der Waals surface area contributed by atoms with E-state index in [1.807, 2.05) is 18.2 Å². The first-order chi connectivity index (χ1) is 11.3. The maximum absolute atomic E-state index is 12.8. The quantitative estimate of drug-likeness (QED) is 0.855. The third-order valence-corrected chi connectivity index (χ3v) is 5.25. The molecule has 120 valence electrons. The predicted molar refractivity (Wildman–Crippen MR) is 91.2 cm³/mol. The van der Waals surface area contributed by atoms with Gasteiger partial charge < -0.3 is 4.90 Å². The number of pyridine rings is 1. The largest absolute Gasteiger partial charge is 0.340 e. The van der Waals surface area contributed by atoms with Crippen LogP contribution in [0.3, 0.4) is 0 Å². The Morgan fingerprint density at radius 3 is 3.00 bits per heavy atom. The maximum Gasteiger partial charge on any atom is 0.227 e. The molecule has 3 heterocycles. The van der Waals surface area contributed by atoms with Gasteiger partial charge in [-0.3, -0.25) is 14.7 Å². The van der Waals surface area contributed by atoms with E-state index in [2.05, 4.69) is 26.9 Å². The summed E-state index contributed by atoms with van der Waals surface area (Å²) in [5, 5.41) is 1.11. The fraction of sp³-hybridized carbons (Fsp3) is 0.474. The van der Waals surface area contributed by atoms with Gasteiger partial charge in [0.15, 0.2) is 0 Å². The standard InChI is InChI=1S/C19H23N3O/c23-18(22-12-11-21-10-2-1-8-17(21)14-22)13-16-6-3-5-15-7-4-9-20-19(15)16/h3-7,9,17H,1-2,8,10-14H2/t17-/m0/s1. The molecule has 2 saturated heterocycles. The van der Waals surface area contributed by atoms with Crippen LogP contribution in [-0.2, 0) is 11.2 Å². The molecule has 2 aliphatic rings. The van der Waals surface area contributed by atoms with Crippen LogP contribution in [0.1, 0.15) is 24.8 Å². The van der Waals surface area contributed by atoms with Gasteiger partial charge in [0, 0.05) is 37.3 Å². The van der Waals surface area contributed by atoms with E-state index in [-0.39, 0.29) is 5.91 Å². The van der Waals surface area contributed by atoms with Crippen LogP contribution < -0.4 is 0 Å². The smallest absolute Gasteiger partial charge is 0.227 e. The van der Waals surface area contributed by atoms with Crippen molar-refractivity contribution < 1.29 is 4.79 Å². The zero-order chi connectivity index (χ0) is 15.6. The van der Waals surface area contributed by atoms with Crippen molar-refractivity contribution in [2.45, 2.75) is 31.7 Å². The summed E-state index contributed by atoms with van der Waals surface area (Å²) < 4.78 is 0. The van der Waals surface area contributed by atoms with Gasteiger partial charge >= 0.3 is 0 Å². The van der Waals surface area contributed by atoms with Crippen LogP contribution in [0.2, 0.25) is 0 Å². The molecule has 0 unspecified atom stereocenters. The van der Waals surface area contributed by atoms with Crippen molar-refractivity contribution in [1.29, 1.82) is 0 Å². The Kier molecular flexibility index (Phi) is 4.00. The summed E-state index contributed by atoms with van der Waals surface area (Å²) >= 11 is 0.